The normalized spacial score (nSPS) is 11.8. The molecule has 25 heavy (non-hydrogen) atoms. The maximum absolute atomic E-state index is 13.5. The smallest absolute Gasteiger partial charge is 0.243 e. The standard InChI is InChI=1S/C17H14F2N2O2S2/c18-14-7-15(19)9-17(8-14)25(22,23)21(10-13-4-6-24-12-13)11-16-3-1-2-5-20-16/h1-9,12H,10-11H2. The second-order valence-corrected chi connectivity index (χ2v) is 8.05. The fourth-order valence-electron chi connectivity index (χ4n) is 2.31. The summed E-state index contributed by atoms with van der Waals surface area (Å²) in [6.07, 6.45) is 1.56. The van der Waals surface area contributed by atoms with Crippen LogP contribution in [0.3, 0.4) is 0 Å². The summed E-state index contributed by atoms with van der Waals surface area (Å²) in [4.78, 5) is 3.72. The van der Waals surface area contributed by atoms with Crippen molar-refractivity contribution in [1.82, 2.24) is 9.29 Å². The molecule has 0 aliphatic heterocycles. The molecule has 8 heteroatoms. The van der Waals surface area contributed by atoms with Gasteiger partial charge in [-0.1, -0.05) is 6.07 Å². The molecule has 0 amide bonds. The molecule has 130 valence electrons. The Labute approximate surface area is 148 Å². The van der Waals surface area contributed by atoms with Gasteiger partial charge in [-0.2, -0.15) is 15.6 Å². The van der Waals surface area contributed by atoms with Crippen molar-refractivity contribution in [2.24, 2.45) is 0 Å². The van der Waals surface area contributed by atoms with Crippen molar-refractivity contribution in [3.8, 4) is 0 Å². The zero-order chi connectivity index (χ0) is 17.9. The van der Waals surface area contributed by atoms with Gasteiger partial charge in [0, 0.05) is 18.8 Å². The second kappa shape index (κ2) is 7.38. The molecule has 4 nitrogen and oxygen atoms in total. The van der Waals surface area contributed by atoms with Crippen LogP contribution in [0.2, 0.25) is 0 Å². The van der Waals surface area contributed by atoms with E-state index in [2.05, 4.69) is 4.98 Å². The highest BCUT2D eigenvalue weighted by Crippen LogP contribution is 2.23. The molecule has 0 spiro atoms. The van der Waals surface area contributed by atoms with E-state index in [4.69, 9.17) is 0 Å². The summed E-state index contributed by atoms with van der Waals surface area (Å²) >= 11 is 1.44. The van der Waals surface area contributed by atoms with Crippen molar-refractivity contribution in [2.45, 2.75) is 18.0 Å². The lowest BCUT2D eigenvalue weighted by atomic mass is 10.3. The summed E-state index contributed by atoms with van der Waals surface area (Å²) in [5, 5.41) is 3.66. The number of thiophene rings is 1. The maximum atomic E-state index is 13.5. The van der Waals surface area contributed by atoms with Gasteiger partial charge in [0.25, 0.3) is 0 Å². The Morgan fingerprint density at radius 3 is 2.40 bits per heavy atom. The minimum Gasteiger partial charge on any atom is -0.260 e. The molecular weight excluding hydrogens is 366 g/mol. The number of pyridine rings is 1. The third kappa shape index (κ3) is 4.28. The molecule has 0 aliphatic carbocycles. The van der Waals surface area contributed by atoms with Crippen LogP contribution in [0.5, 0.6) is 0 Å². The van der Waals surface area contributed by atoms with Crippen LogP contribution in [-0.4, -0.2) is 17.7 Å². The zero-order valence-corrected chi connectivity index (χ0v) is 14.6. The van der Waals surface area contributed by atoms with E-state index in [1.807, 2.05) is 10.8 Å². The predicted molar refractivity (Wildman–Crippen MR) is 91.3 cm³/mol. The maximum Gasteiger partial charge on any atom is 0.243 e. The Morgan fingerprint density at radius 2 is 1.80 bits per heavy atom. The van der Waals surface area contributed by atoms with Crippen molar-refractivity contribution in [1.29, 1.82) is 0 Å². The van der Waals surface area contributed by atoms with Gasteiger partial charge < -0.3 is 0 Å². The minimum absolute atomic E-state index is 0.00283. The van der Waals surface area contributed by atoms with Crippen LogP contribution in [0.4, 0.5) is 8.78 Å². The Morgan fingerprint density at radius 1 is 1.04 bits per heavy atom. The molecular formula is C17H14F2N2O2S2. The fourth-order valence-corrected chi connectivity index (χ4v) is 4.41. The van der Waals surface area contributed by atoms with Crippen LogP contribution in [0.1, 0.15) is 11.3 Å². The van der Waals surface area contributed by atoms with E-state index in [9.17, 15) is 17.2 Å². The third-order valence-electron chi connectivity index (χ3n) is 3.48. The van der Waals surface area contributed by atoms with Crippen LogP contribution in [-0.2, 0) is 23.1 Å². The van der Waals surface area contributed by atoms with Gasteiger partial charge in [-0.3, -0.25) is 4.98 Å². The second-order valence-electron chi connectivity index (χ2n) is 5.33. The summed E-state index contributed by atoms with van der Waals surface area (Å²) in [5.74, 6) is -1.88. The first kappa shape index (κ1) is 17.7. The first-order valence-electron chi connectivity index (χ1n) is 7.32. The summed E-state index contributed by atoms with van der Waals surface area (Å²) in [7, 11) is -4.10. The van der Waals surface area contributed by atoms with Gasteiger partial charge in [-0.05, 0) is 46.7 Å². The highest BCUT2D eigenvalue weighted by atomic mass is 32.2. The average molecular weight is 380 g/mol. The summed E-state index contributed by atoms with van der Waals surface area (Å²) in [5.41, 5.74) is 1.33. The molecule has 0 fully saturated rings. The number of benzene rings is 1. The zero-order valence-electron chi connectivity index (χ0n) is 13.0. The topological polar surface area (TPSA) is 50.3 Å². The number of hydrogen-bond acceptors (Lipinski definition) is 4. The molecule has 0 saturated carbocycles. The Bertz CT molecular complexity index is 926. The first-order valence-corrected chi connectivity index (χ1v) is 9.71. The summed E-state index contributed by atoms with van der Waals surface area (Å²) in [6, 6.07) is 9.25. The molecule has 0 radical (unpaired) electrons. The third-order valence-corrected chi connectivity index (χ3v) is 5.98. The largest absolute Gasteiger partial charge is 0.260 e. The average Bonchev–Trinajstić information content (AvgIpc) is 3.07. The molecule has 0 atom stereocenters. The molecule has 0 bridgehead atoms. The molecule has 3 rings (SSSR count). The Kier molecular flexibility index (Phi) is 5.22. The molecule has 2 aromatic heterocycles. The van der Waals surface area contributed by atoms with Gasteiger partial charge in [-0.15, -0.1) is 0 Å². The fraction of sp³-hybridized carbons (Fsp3) is 0.118. The molecule has 1 aromatic carbocycles. The summed E-state index contributed by atoms with van der Waals surface area (Å²) in [6.45, 7) is 0.0810. The van der Waals surface area contributed by atoms with E-state index in [1.165, 1.54) is 11.3 Å². The lowest BCUT2D eigenvalue weighted by Gasteiger charge is -2.21. The van der Waals surface area contributed by atoms with E-state index >= 15 is 0 Å². The lowest BCUT2D eigenvalue weighted by Crippen LogP contribution is -2.30. The van der Waals surface area contributed by atoms with Crippen LogP contribution in [0.25, 0.3) is 0 Å². The molecule has 2 heterocycles. The van der Waals surface area contributed by atoms with Gasteiger partial charge >= 0.3 is 0 Å². The van der Waals surface area contributed by atoms with Crippen LogP contribution >= 0.6 is 11.3 Å². The van der Waals surface area contributed by atoms with Crippen LogP contribution < -0.4 is 0 Å². The SMILES string of the molecule is O=S(=O)(c1cc(F)cc(F)c1)N(Cc1ccsc1)Cc1ccccn1. The number of aromatic nitrogens is 1. The highest BCUT2D eigenvalue weighted by Gasteiger charge is 2.26. The first-order chi connectivity index (χ1) is 11.9. The van der Waals surface area contributed by atoms with Crippen molar-refractivity contribution in [3.05, 3.63) is 82.3 Å². The molecule has 3 aromatic rings. The van der Waals surface area contributed by atoms with Gasteiger partial charge in [0.05, 0.1) is 17.1 Å². The van der Waals surface area contributed by atoms with E-state index in [0.29, 0.717) is 11.8 Å². The Balaban J connectivity index is 1.99. The molecule has 0 aliphatic rings. The van der Waals surface area contributed by atoms with E-state index in [-0.39, 0.29) is 13.1 Å². The van der Waals surface area contributed by atoms with E-state index in [0.717, 1.165) is 22.0 Å². The highest BCUT2D eigenvalue weighted by molar-refractivity contribution is 7.89. The van der Waals surface area contributed by atoms with Crippen molar-refractivity contribution in [2.75, 3.05) is 0 Å². The van der Waals surface area contributed by atoms with Crippen molar-refractivity contribution >= 4 is 21.4 Å². The van der Waals surface area contributed by atoms with Gasteiger partial charge in [0.2, 0.25) is 10.0 Å². The number of hydrogen-bond donors (Lipinski definition) is 0. The van der Waals surface area contributed by atoms with Crippen molar-refractivity contribution in [3.63, 3.8) is 0 Å². The van der Waals surface area contributed by atoms with Crippen molar-refractivity contribution < 1.29 is 17.2 Å². The number of rotatable bonds is 6. The van der Waals surface area contributed by atoms with Gasteiger partial charge in [-0.25, -0.2) is 17.2 Å². The van der Waals surface area contributed by atoms with Gasteiger partial charge in [0.15, 0.2) is 0 Å². The molecule has 0 unspecified atom stereocenters. The molecule has 0 N–H and O–H groups in total. The number of nitrogens with zero attached hydrogens (tertiary/aromatic N) is 2. The van der Waals surface area contributed by atoms with Crippen LogP contribution in [0.15, 0.2) is 64.3 Å². The van der Waals surface area contributed by atoms with Gasteiger partial charge in [0.1, 0.15) is 11.6 Å². The summed E-state index contributed by atoms with van der Waals surface area (Å²) < 4.78 is 54.0. The van der Waals surface area contributed by atoms with E-state index < -0.39 is 26.6 Å². The quantitative estimate of drug-likeness (QED) is 0.653. The van der Waals surface area contributed by atoms with Crippen LogP contribution in [0, 0.1) is 11.6 Å². The number of sulfonamides is 1. The lowest BCUT2D eigenvalue weighted by molar-refractivity contribution is 0.396. The number of halogens is 2. The van der Waals surface area contributed by atoms with E-state index in [1.54, 1.807) is 30.5 Å². The Hall–Kier alpha value is -2.16. The predicted octanol–water partition coefficient (Wildman–Crippen LogP) is 3.81. The molecule has 0 saturated heterocycles. The monoisotopic (exact) mass is 380 g/mol. The minimum atomic E-state index is -4.10.